The molecule has 2 aliphatic heterocycles. The minimum atomic E-state index is -0.591. The van der Waals surface area contributed by atoms with E-state index in [9.17, 15) is 14.7 Å². The molecule has 0 radical (unpaired) electrons. The van der Waals surface area contributed by atoms with Crippen LogP contribution in [0.4, 0.5) is 0 Å². The van der Waals surface area contributed by atoms with Crippen LogP contribution in [0.5, 0.6) is 0 Å². The van der Waals surface area contributed by atoms with Crippen LogP contribution in [0.3, 0.4) is 0 Å². The molecule has 2 heterocycles. The fourth-order valence-electron chi connectivity index (χ4n) is 10.7. The van der Waals surface area contributed by atoms with Crippen molar-refractivity contribution in [2.24, 2.45) is 52.8 Å². The standard InChI is InChI=1S/C29H45NO4/c1-16-5-8-27-29(4,33)23-7-6-19-20(22(23)15-30(27)14-16)12-24-21(19)13-26(32)25-11-18(34-17(2)31)9-10-28(24,25)3/h16,18-25,27,33H,5-15H2,1-4H3/t16-,18+,19+,20+,21-,22+,23+,24-,25+,27-,28+,29-/m0/s1. The maximum atomic E-state index is 13.5. The van der Waals surface area contributed by atoms with Crippen LogP contribution in [-0.2, 0) is 14.3 Å². The van der Waals surface area contributed by atoms with Gasteiger partial charge < -0.3 is 9.84 Å². The first kappa shape index (κ1) is 23.5. The van der Waals surface area contributed by atoms with E-state index >= 15 is 0 Å². The molecule has 0 aromatic carbocycles. The van der Waals surface area contributed by atoms with Crippen LogP contribution in [0.2, 0.25) is 0 Å². The van der Waals surface area contributed by atoms with Crippen molar-refractivity contribution in [3.8, 4) is 0 Å². The van der Waals surface area contributed by atoms with Gasteiger partial charge in [0.15, 0.2) is 0 Å². The van der Waals surface area contributed by atoms with Gasteiger partial charge in [0.25, 0.3) is 0 Å². The maximum absolute atomic E-state index is 13.5. The number of ketones is 1. The summed E-state index contributed by atoms with van der Waals surface area (Å²) in [4.78, 5) is 27.7. The average Bonchev–Trinajstić information content (AvgIpc) is 3.14. The van der Waals surface area contributed by atoms with Gasteiger partial charge >= 0.3 is 5.97 Å². The average molecular weight is 472 g/mol. The molecule has 4 saturated carbocycles. The summed E-state index contributed by atoms with van der Waals surface area (Å²) in [5, 5.41) is 11.9. The number of nitrogens with zero attached hydrogens (tertiary/aromatic N) is 1. The van der Waals surface area contributed by atoms with Gasteiger partial charge in [-0.05, 0) is 105 Å². The second kappa shape index (κ2) is 8.03. The van der Waals surface area contributed by atoms with Crippen LogP contribution in [0.1, 0.15) is 85.5 Å². The molecular weight excluding hydrogens is 426 g/mol. The molecule has 0 spiro atoms. The second-order valence-electron chi connectivity index (χ2n) is 13.8. The zero-order valence-electron chi connectivity index (χ0n) is 21.7. The van der Waals surface area contributed by atoms with Crippen molar-refractivity contribution in [1.29, 1.82) is 0 Å². The molecule has 6 aliphatic rings. The van der Waals surface area contributed by atoms with Gasteiger partial charge in [-0.15, -0.1) is 0 Å². The van der Waals surface area contributed by atoms with Crippen molar-refractivity contribution < 1.29 is 19.4 Å². The van der Waals surface area contributed by atoms with Gasteiger partial charge in [-0.2, -0.15) is 0 Å². The monoisotopic (exact) mass is 471 g/mol. The van der Waals surface area contributed by atoms with Gasteiger partial charge in [-0.3, -0.25) is 14.5 Å². The number of rotatable bonds is 1. The number of esters is 1. The summed E-state index contributed by atoms with van der Waals surface area (Å²) in [6.45, 7) is 10.7. The SMILES string of the molecule is CC(=O)O[C@@H]1CC[C@@]2(C)[C@H](C1)C(=O)C[C@H]1[C@@H]3CC[C@@H]4[C@H](CN5C[C@@H](C)CC[C@H]5[C@@]4(C)O)[C@@H]3C[C@@H]12. The summed E-state index contributed by atoms with van der Waals surface area (Å²) in [6, 6.07) is 0.324. The minimum absolute atomic E-state index is 0.0445. The molecule has 0 unspecified atom stereocenters. The number of hydrogen-bond donors (Lipinski definition) is 1. The van der Waals surface area contributed by atoms with Crippen LogP contribution in [0.15, 0.2) is 0 Å². The minimum Gasteiger partial charge on any atom is -0.463 e. The molecule has 190 valence electrons. The predicted molar refractivity (Wildman–Crippen MR) is 130 cm³/mol. The predicted octanol–water partition coefficient (Wildman–Crippen LogP) is 4.46. The third-order valence-electron chi connectivity index (χ3n) is 12.1. The number of fused-ring (bicyclic) bond motifs is 8. The lowest BCUT2D eigenvalue weighted by Gasteiger charge is -2.59. The second-order valence-corrected chi connectivity index (χ2v) is 13.8. The molecule has 5 nitrogen and oxygen atoms in total. The molecule has 5 heteroatoms. The third kappa shape index (κ3) is 3.38. The Morgan fingerprint density at radius 1 is 0.971 bits per heavy atom. The number of carbonyl (C=O) groups excluding carboxylic acids is 2. The van der Waals surface area contributed by atoms with E-state index in [4.69, 9.17) is 4.74 Å². The molecule has 6 rings (SSSR count). The first-order valence-electron chi connectivity index (χ1n) is 14.3. The van der Waals surface area contributed by atoms with Crippen molar-refractivity contribution in [1.82, 2.24) is 4.90 Å². The van der Waals surface area contributed by atoms with E-state index in [-0.39, 0.29) is 23.4 Å². The Bertz CT molecular complexity index is 855. The van der Waals surface area contributed by atoms with Gasteiger partial charge in [0.05, 0.1) is 5.60 Å². The van der Waals surface area contributed by atoms with Crippen LogP contribution >= 0.6 is 0 Å². The van der Waals surface area contributed by atoms with Crippen molar-refractivity contribution >= 4 is 11.8 Å². The fourth-order valence-corrected chi connectivity index (χ4v) is 10.7. The molecule has 34 heavy (non-hydrogen) atoms. The number of ether oxygens (including phenoxy) is 1. The van der Waals surface area contributed by atoms with Gasteiger partial charge in [-0.1, -0.05) is 13.8 Å². The highest BCUT2D eigenvalue weighted by Crippen LogP contribution is 2.66. The van der Waals surface area contributed by atoms with Gasteiger partial charge in [0, 0.05) is 38.4 Å². The lowest BCUT2D eigenvalue weighted by molar-refractivity contribution is -0.175. The lowest BCUT2D eigenvalue weighted by Crippen LogP contribution is -2.67. The fraction of sp³-hybridized carbons (Fsp3) is 0.931. The quantitative estimate of drug-likeness (QED) is 0.572. The Morgan fingerprint density at radius 2 is 1.76 bits per heavy atom. The molecule has 0 bridgehead atoms. The molecule has 0 aromatic rings. The molecule has 0 amide bonds. The van der Waals surface area contributed by atoms with E-state index in [0.29, 0.717) is 47.3 Å². The van der Waals surface area contributed by atoms with E-state index in [1.807, 2.05) is 0 Å². The van der Waals surface area contributed by atoms with Crippen molar-refractivity contribution in [3.63, 3.8) is 0 Å². The van der Waals surface area contributed by atoms with Crippen LogP contribution in [0.25, 0.3) is 0 Å². The Labute approximate surface area is 205 Å². The van der Waals surface area contributed by atoms with E-state index in [1.165, 1.54) is 26.2 Å². The molecule has 4 aliphatic carbocycles. The number of piperidine rings is 2. The van der Waals surface area contributed by atoms with E-state index < -0.39 is 5.60 Å². The van der Waals surface area contributed by atoms with Gasteiger partial charge in [0.1, 0.15) is 11.9 Å². The van der Waals surface area contributed by atoms with Crippen molar-refractivity contribution in [3.05, 3.63) is 0 Å². The molecule has 12 atom stereocenters. The van der Waals surface area contributed by atoms with Crippen molar-refractivity contribution in [2.75, 3.05) is 13.1 Å². The van der Waals surface area contributed by atoms with Crippen LogP contribution in [-0.4, -0.2) is 52.6 Å². The summed E-state index contributed by atoms with van der Waals surface area (Å²) in [5.74, 6) is 4.37. The largest absolute Gasteiger partial charge is 0.463 e. The van der Waals surface area contributed by atoms with Gasteiger partial charge in [0.2, 0.25) is 0 Å². The highest BCUT2D eigenvalue weighted by molar-refractivity contribution is 5.83. The molecule has 0 aromatic heterocycles. The van der Waals surface area contributed by atoms with E-state index in [1.54, 1.807) is 0 Å². The summed E-state index contributed by atoms with van der Waals surface area (Å²) < 4.78 is 5.57. The number of carbonyl (C=O) groups is 2. The number of Topliss-reactive ketones (excluding diaryl/α,β-unsaturated/α-hetero) is 1. The lowest BCUT2D eigenvalue weighted by atomic mass is 9.51. The number of hydrogen-bond acceptors (Lipinski definition) is 5. The van der Waals surface area contributed by atoms with Crippen LogP contribution < -0.4 is 0 Å². The topological polar surface area (TPSA) is 66.8 Å². The zero-order chi connectivity index (χ0) is 24.0. The first-order chi connectivity index (χ1) is 16.1. The molecule has 6 fully saturated rings. The Balaban J connectivity index is 1.26. The highest BCUT2D eigenvalue weighted by atomic mass is 16.5. The zero-order valence-corrected chi connectivity index (χ0v) is 21.7. The first-order valence-corrected chi connectivity index (χ1v) is 14.3. The molecule has 2 saturated heterocycles. The summed E-state index contributed by atoms with van der Waals surface area (Å²) >= 11 is 0. The Kier molecular flexibility index (Phi) is 5.54. The normalized spacial score (nSPS) is 54.8. The summed E-state index contributed by atoms with van der Waals surface area (Å²) in [7, 11) is 0. The van der Waals surface area contributed by atoms with Crippen LogP contribution in [0, 0.1) is 52.8 Å². The van der Waals surface area contributed by atoms with E-state index in [0.717, 1.165) is 57.5 Å². The Morgan fingerprint density at radius 3 is 2.53 bits per heavy atom. The molecular formula is C29H45NO4. The molecule has 1 N–H and O–H groups in total. The summed E-state index contributed by atoms with van der Waals surface area (Å²) in [5.41, 5.74) is -0.547. The van der Waals surface area contributed by atoms with Gasteiger partial charge in [-0.25, -0.2) is 0 Å². The summed E-state index contributed by atoms with van der Waals surface area (Å²) in [6.07, 6.45) is 9.19. The number of aliphatic hydroxyl groups is 1. The maximum Gasteiger partial charge on any atom is 0.302 e. The third-order valence-corrected chi connectivity index (χ3v) is 12.1. The van der Waals surface area contributed by atoms with Crippen molar-refractivity contribution in [2.45, 2.75) is 103 Å². The van der Waals surface area contributed by atoms with E-state index in [2.05, 4.69) is 25.7 Å². The smallest absolute Gasteiger partial charge is 0.302 e. The highest BCUT2D eigenvalue weighted by Gasteiger charge is 2.64. The Hall–Kier alpha value is -0.940.